The number of benzene rings is 2. The Hall–Kier alpha value is -2.67. The van der Waals surface area contributed by atoms with E-state index in [1.807, 2.05) is 12.1 Å². The summed E-state index contributed by atoms with van der Waals surface area (Å²) in [5.74, 6) is 1.67. The van der Waals surface area contributed by atoms with E-state index in [4.69, 9.17) is 9.72 Å². The fourth-order valence-electron chi connectivity index (χ4n) is 4.98. The van der Waals surface area contributed by atoms with Crippen molar-refractivity contribution in [3.05, 3.63) is 54.6 Å². The Morgan fingerprint density at radius 1 is 1.06 bits per heavy atom. The molecule has 1 saturated heterocycles. The summed E-state index contributed by atoms with van der Waals surface area (Å²) in [6.07, 6.45) is 6.09. The predicted molar refractivity (Wildman–Crippen MR) is 152 cm³/mol. The van der Waals surface area contributed by atoms with Gasteiger partial charge in [0, 0.05) is 29.2 Å². The molecule has 0 spiro atoms. The van der Waals surface area contributed by atoms with E-state index in [1.54, 1.807) is 7.11 Å². The lowest BCUT2D eigenvalue weighted by molar-refractivity contribution is 0.306. The number of hydrogen-bond acceptors (Lipinski definition) is 6. The minimum Gasteiger partial charge on any atom is -0.497 e. The molecule has 1 aliphatic rings. The molecule has 6 nitrogen and oxygen atoms in total. The number of pyridine rings is 1. The van der Waals surface area contributed by atoms with Crippen molar-refractivity contribution in [1.29, 1.82) is 0 Å². The molecule has 2 aromatic carbocycles. The summed E-state index contributed by atoms with van der Waals surface area (Å²) in [6, 6.07) is 19.3. The predicted octanol–water partition coefficient (Wildman–Crippen LogP) is 5.01. The van der Waals surface area contributed by atoms with Crippen LogP contribution in [0.1, 0.15) is 32.1 Å². The number of rotatable bonds is 13. The normalized spacial score (nSPS) is 15.3. The molecule has 0 saturated carbocycles. The van der Waals surface area contributed by atoms with Crippen molar-refractivity contribution < 1.29 is 4.74 Å². The zero-order valence-corrected chi connectivity index (χ0v) is 22.2. The van der Waals surface area contributed by atoms with E-state index in [-0.39, 0.29) is 0 Å². The zero-order chi connectivity index (χ0) is 25.2. The summed E-state index contributed by atoms with van der Waals surface area (Å²) in [4.78, 5) is 7.22. The number of nitrogens with zero attached hydrogens (tertiary/aromatic N) is 2. The SMILES string of the molecule is COc1ccc(-c2cc(NCCCC(CCN(C)C)NCC3CCNCC3)c3ccccc3n2)cc1. The lowest BCUT2D eigenvalue weighted by Crippen LogP contribution is -2.39. The molecule has 194 valence electrons. The van der Waals surface area contributed by atoms with E-state index in [9.17, 15) is 0 Å². The van der Waals surface area contributed by atoms with Gasteiger partial charge in [0.1, 0.15) is 5.75 Å². The second kappa shape index (κ2) is 13.6. The van der Waals surface area contributed by atoms with Crippen LogP contribution in [0.4, 0.5) is 5.69 Å². The average Bonchev–Trinajstić information content (AvgIpc) is 2.92. The van der Waals surface area contributed by atoms with Crippen LogP contribution in [-0.4, -0.2) is 69.9 Å². The Kier molecular flexibility index (Phi) is 9.96. The lowest BCUT2D eigenvalue weighted by atomic mass is 9.97. The Morgan fingerprint density at radius 2 is 1.83 bits per heavy atom. The van der Waals surface area contributed by atoms with Crippen molar-refractivity contribution in [1.82, 2.24) is 20.5 Å². The highest BCUT2D eigenvalue weighted by atomic mass is 16.5. The van der Waals surface area contributed by atoms with Gasteiger partial charge < -0.3 is 25.6 Å². The van der Waals surface area contributed by atoms with Gasteiger partial charge in [-0.1, -0.05) is 18.2 Å². The van der Waals surface area contributed by atoms with E-state index in [1.165, 1.54) is 31.1 Å². The van der Waals surface area contributed by atoms with Gasteiger partial charge in [0.15, 0.2) is 0 Å². The Labute approximate surface area is 216 Å². The Morgan fingerprint density at radius 3 is 2.58 bits per heavy atom. The fourth-order valence-corrected chi connectivity index (χ4v) is 4.98. The summed E-state index contributed by atoms with van der Waals surface area (Å²) in [5.41, 5.74) is 4.24. The highest BCUT2D eigenvalue weighted by molar-refractivity contribution is 5.93. The molecule has 3 aromatic rings. The number of ether oxygens (including phenoxy) is 1. The van der Waals surface area contributed by atoms with Gasteiger partial charge in [0.05, 0.1) is 18.3 Å². The van der Waals surface area contributed by atoms with Crippen LogP contribution in [0.15, 0.2) is 54.6 Å². The molecule has 0 bridgehead atoms. The quantitative estimate of drug-likeness (QED) is 0.293. The molecule has 1 fully saturated rings. The molecule has 3 N–H and O–H groups in total. The first kappa shape index (κ1) is 26.4. The van der Waals surface area contributed by atoms with Gasteiger partial charge >= 0.3 is 0 Å². The van der Waals surface area contributed by atoms with Crippen LogP contribution in [0.3, 0.4) is 0 Å². The molecule has 4 rings (SSSR count). The first-order valence-electron chi connectivity index (χ1n) is 13.5. The maximum absolute atomic E-state index is 5.32. The second-order valence-electron chi connectivity index (χ2n) is 10.3. The van der Waals surface area contributed by atoms with E-state index in [0.29, 0.717) is 6.04 Å². The number of methoxy groups -OCH3 is 1. The van der Waals surface area contributed by atoms with Gasteiger partial charge in [-0.3, -0.25) is 0 Å². The largest absolute Gasteiger partial charge is 0.497 e. The van der Waals surface area contributed by atoms with Gasteiger partial charge in [0.25, 0.3) is 0 Å². The van der Waals surface area contributed by atoms with Crippen LogP contribution >= 0.6 is 0 Å². The zero-order valence-electron chi connectivity index (χ0n) is 22.2. The van der Waals surface area contributed by atoms with E-state index >= 15 is 0 Å². The van der Waals surface area contributed by atoms with Gasteiger partial charge in [-0.15, -0.1) is 0 Å². The summed E-state index contributed by atoms with van der Waals surface area (Å²) >= 11 is 0. The average molecular weight is 490 g/mol. The van der Waals surface area contributed by atoms with E-state index in [0.717, 1.165) is 73.3 Å². The number of aromatic nitrogens is 1. The molecular weight excluding hydrogens is 446 g/mol. The van der Waals surface area contributed by atoms with Crippen molar-refractivity contribution in [2.24, 2.45) is 5.92 Å². The second-order valence-corrected chi connectivity index (χ2v) is 10.3. The number of para-hydroxylation sites is 1. The number of nitrogens with one attached hydrogen (secondary N) is 3. The summed E-state index contributed by atoms with van der Waals surface area (Å²) in [5, 5.41) is 12.3. The van der Waals surface area contributed by atoms with Crippen LogP contribution in [0.2, 0.25) is 0 Å². The van der Waals surface area contributed by atoms with E-state index in [2.05, 4.69) is 77.4 Å². The maximum atomic E-state index is 5.32. The molecule has 6 heteroatoms. The Bertz CT molecular complexity index is 1060. The van der Waals surface area contributed by atoms with Crippen LogP contribution < -0.4 is 20.7 Å². The van der Waals surface area contributed by atoms with Gasteiger partial charge in [-0.2, -0.15) is 0 Å². The highest BCUT2D eigenvalue weighted by Gasteiger charge is 2.16. The van der Waals surface area contributed by atoms with Gasteiger partial charge in [0.2, 0.25) is 0 Å². The van der Waals surface area contributed by atoms with Gasteiger partial charge in [-0.05, 0) is 115 Å². The summed E-state index contributed by atoms with van der Waals surface area (Å²) in [6.45, 7) is 5.54. The minimum absolute atomic E-state index is 0.563. The number of hydrogen-bond donors (Lipinski definition) is 3. The topological polar surface area (TPSA) is 61.5 Å². The van der Waals surface area contributed by atoms with Crippen molar-refractivity contribution >= 4 is 16.6 Å². The van der Waals surface area contributed by atoms with Crippen molar-refractivity contribution in [3.63, 3.8) is 0 Å². The molecule has 1 atom stereocenters. The molecule has 36 heavy (non-hydrogen) atoms. The lowest BCUT2D eigenvalue weighted by Gasteiger charge is -2.27. The van der Waals surface area contributed by atoms with Crippen molar-refractivity contribution in [2.75, 3.05) is 59.2 Å². The molecule has 1 aliphatic heterocycles. The number of fused-ring (bicyclic) bond motifs is 1. The number of piperidine rings is 1. The standard InChI is InChI=1S/C30H43N5O/c1-35(2)20-16-25(33-22-23-14-18-31-19-15-23)7-6-17-32-30-21-29(24-10-12-26(36-3)13-11-24)34-28-9-5-4-8-27(28)30/h4-5,8-13,21,23,25,31,33H,6-7,14-20,22H2,1-3H3,(H,32,34). The summed E-state index contributed by atoms with van der Waals surface area (Å²) in [7, 11) is 6.03. The third-order valence-corrected chi connectivity index (χ3v) is 7.23. The minimum atomic E-state index is 0.563. The third-order valence-electron chi connectivity index (χ3n) is 7.23. The first-order valence-corrected chi connectivity index (χ1v) is 13.5. The molecule has 0 aliphatic carbocycles. The molecule has 0 amide bonds. The summed E-state index contributed by atoms with van der Waals surface area (Å²) < 4.78 is 5.32. The van der Waals surface area contributed by atoms with Crippen LogP contribution in [0.5, 0.6) is 5.75 Å². The van der Waals surface area contributed by atoms with E-state index < -0.39 is 0 Å². The molecule has 1 aromatic heterocycles. The molecular formula is C30H43N5O. The van der Waals surface area contributed by atoms with Crippen molar-refractivity contribution in [3.8, 4) is 17.0 Å². The molecule has 0 radical (unpaired) electrons. The maximum Gasteiger partial charge on any atom is 0.118 e. The molecule has 1 unspecified atom stereocenters. The van der Waals surface area contributed by atoms with Crippen molar-refractivity contribution in [2.45, 2.75) is 38.1 Å². The van der Waals surface area contributed by atoms with Crippen LogP contribution in [0, 0.1) is 5.92 Å². The first-order chi connectivity index (χ1) is 17.6. The monoisotopic (exact) mass is 489 g/mol. The third kappa shape index (κ3) is 7.66. The fraction of sp³-hybridized carbons (Fsp3) is 0.500. The van der Waals surface area contributed by atoms with Gasteiger partial charge in [-0.25, -0.2) is 4.98 Å². The highest BCUT2D eigenvalue weighted by Crippen LogP contribution is 2.29. The van der Waals surface area contributed by atoms with Crippen LogP contribution in [0.25, 0.3) is 22.2 Å². The van der Waals surface area contributed by atoms with Crippen LogP contribution in [-0.2, 0) is 0 Å². The smallest absolute Gasteiger partial charge is 0.118 e. The number of anilines is 1. The Balaban J connectivity index is 1.38. The molecule has 2 heterocycles.